The monoisotopic (exact) mass is 272 g/mol. The third-order valence-electron chi connectivity index (χ3n) is 2.78. The predicted molar refractivity (Wildman–Crippen MR) is 74.9 cm³/mol. The van der Waals surface area contributed by atoms with Gasteiger partial charge in [0.25, 0.3) is 0 Å². The van der Waals surface area contributed by atoms with E-state index in [-0.39, 0.29) is 11.4 Å². The maximum atomic E-state index is 11.5. The fraction of sp³-hybridized carbons (Fsp3) is 0.929. The lowest BCUT2D eigenvalue weighted by Crippen LogP contribution is -2.42. The smallest absolute Gasteiger partial charge is 0.221 e. The van der Waals surface area contributed by atoms with Gasteiger partial charge in [0.05, 0.1) is 12.7 Å². The van der Waals surface area contributed by atoms with E-state index in [2.05, 4.69) is 10.6 Å². The van der Waals surface area contributed by atoms with Crippen LogP contribution in [0.1, 0.15) is 40.0 Å². The molecule has 1 amide bonds. The number of amides is 1. The second kappa shape index (κ2) is 7.82. The third-order valence-corrected chi connectivity index (χ3v) is 2.78. The number of hydrogen-bond acceptors (Lipinski definition) is 4. The van der Waals surface area contributed by atoms with E-state index in [4.69, 9.17) is 4.74 Å². The van der Waals surface area contributed by atoms with Crippen LogP contribution < -0.4 is 10.6 Å². The van der Waals surface area contributed by atoms with Gasteiger partial charge in [0.1, 0.15) is 0 Å². The second-order valence-corrected chi connectivity index (χ2v) is 6.39. The number of carbonyl (C=O) groups is 1. The van der Waals surface area contributed by atoms with Gasteiger partial charge in [-0.15, -0.1) is 0 Å². The first kappa shape index (κ1) is 16.4. The molecule has 1 aliphatic rings. The molecule has 1 fully saturated rings. The Morgan fingerprint density at radius 2 is 2.11 bits per heavy atom. The van der Waals surface area contributed by atoms with Crippen LogP contribution in [0.3, 0.4) is 0 Å². The molecule has 3 N–H and O–H groups in total. The summed E-state index contributed by atoms with van der Waals surface area (Å²) in [7, 11) is 0. The predicted octanol–water partition coefficient (Wildman–Crippen LogP) is 0.668. The first-order chi connectivity index (χ1) is 8.87. The number of aliphatic hydroxyl groups excluding tert-OH is 1. The zero-order valence-electron chi connectivity index (χ0n) is 12.4. The maximum absolute atomic E-state index is 11.5. The van der Waals surface area contributed by atoms with Crippen molar-refractivity contribution in [2.45, 2.75) is 51.7 Å². The third kappa shape index (κ3) is 9.87. The molecule has 112 valence electrons. The molecule has 0 bridgehead atoms. The van der Waals surface area contributed by atoms with Crippen molar-refractivity contribution in [3.8, 4) is 0 Å². The molecule has 1 unspecified atom stereocenters. The van der Waals surface area contributed by atoms with Crippen LogP contribution in [0.15, 0.2) is 0 Å². The van der Waals surface area contributed by atoms with Crippen molar-refractivity contribution in [1.82, 2.24) is 10.6 Å². The van der Waals surface area contributed by atoms with Crippen molar-refractivity contribution >= 4 is 5.91 Å². The van der Waals surface area contributed by atoms with Crippen molar-refractivity contribution in [2.24, 2.45) is 5.92 Å². The minimum atomic E-state index is -0.496. The number of aliphatic hydroxyl groups is 1. The molecule has 19 heavy (non-hydrogen) atoms. The molecular formula is C14H28N2O3. The first-order valence-corrected chi connectivity index (χ1v) is 7.14. The van der Waals surface area contributed by atoms with Crippen LogP contribution in [0.2, 0.25) is 0 Å². The lowest BCUT2D eigenvalue weighted by molar-refractivity contribution is -0.122. The molecule has 1 atom stereocenters. The molecule has 0 aromatic rings. The van der Waals surface area contributed by atoms with Gasteiger partial charge in [0.15, 0.2) is 0 Å². The summed E-state index contributed by atoms with van der Waals surface area (Å²) in [6.07, 6.45) is 2.45. The normalized spacial score (nSPS) is 17.3. The Hall–Kier alpha value is -0.650. The number of carbonyl (C=O) groups excluding carboxylic acids is 1. The van der Waals surface area contributed by atoms with Crippen LogP contribution in [0, 0.1) is 5.92 Å². The Morgan fingerprint density at radius 3 is 2.68 bits per heavy atom. The number of rotatable bonds is 9. The van der Waals surface area contributed by atoms with Gasteiger partial charge in [-0.1, -0.05) is 0 Å². The molecule has 0 aromatic carbocycles. The molecule has 0 aliphatic heterocycles. The zero-order valence-corrected chi connectivity index (χ0v) is 12.4. The van der Waals surface area contributed by atoms with Crippen LogP contribution in [-0.2, 0) is 9.53 Å². The summed E-state index contributed by atoms with van der Waals surface area (Å²) < 4.78 is 5.39. The molecule has 5 nitrogen and oxygen atoms in total. The average Bonchev–Trinajstić information content (AvgIpc) is 3.06. The van der Waals surface area contributed by atoms with Crippen LogP contribution in [0.5, 0.6) is 0 Å². The Morgan fingerprint density at radius 1 is 1.42 bits per heavy atom. The number of nitrogens with one attached hydrogen (secondary N) is 2. The van der Waals surface area contributed by atoms with E-state index in [1.807, 2.05) is 20.8 Å². The van der Waals surface area contributed by atoms with Gasteiger partial charge < -0.3 is 20.5 Å². The lowest BCUT2D eigenvalue weighted by Gasteiger charge is -2.20. The van der Waals surface area contributed by atoms with Crippen molar-refractivity contribution in [1.29, 1.82) is 0 Å². The highest BCUT2D eigenvalue weighted by Gasteiger charge is 2.21. The van der Waals surface area contributed by atoms with Crippen LogP contribution in [0.4, 0.5) is 0 Å². The molecule has 0 heterocycles. The van der Waals surface area contributed by atoms with Crippen molar-refractivity contribution < 1.29 is 14.6 Å². The van der Waals surface area contributed by atoms with Gasteiger partial charge in [-0.2, -0.15) is 0 Å². The summed E-state index contributed by atoms with van der Waals surface area (Å²) in [5, 5.41) is 15.6. The molecular weight excluding hydrogens is 244 g/mol. The molecule has 0 spiro atoms. The molecule has 0 saturated heterocycles. The molecule has 0 radical (unpaired) electrons. The largest absolute Gasteiger partial charge is 0.389 e. The fourth-order valence-corrected chi connectivity index (χ4v) is 1.67. The van der Waals surface area contributed by atoms with Gasteiger partial charge >= 0.3 is 0 Å². The topological polar surface area (TPSA) is 70.6 Å². The minimum absolute atomic E-state index is 0.0273. The van der Waals surface area contributed by atoms with Gasteiger partial charge in [-0.25, -0.2) is 0 Å². The Kier molecular flexibility index (Phi) is 6.75. The fourth-order valence-electron chi connectivity index (χ4n) is 1.67. The highest BCUT2D eigenvalue weighted by molar-refractivity contribution is 5.76. The first-order valence-electron chi connectivity index (χ1n) is 7.14. The van der Waals surface area contributed by atoms with Gasteiger partial charge in [-0.05, 0) is 39.5 Å². The summed E-state index contributed by atoms with van der Waals surface area (Å²) in [4.78, 5) is 11.5. The minimum Gasteiger partial charge on any atom is -0.389 e. The van der Waals surface area contributed by atoms with E-state index in [1.165, 1.54) is 12.8 Å². The summed E-state index contributed by atoms with van der Waals surface area (Å²) >= 11 is 0. The summed E-state index contributed by atoms with van der Waals surface area (Å²) in [5.74, 6) is 0.751. The molecule has 0 aromatic heterocycles. The Balaban J connectivity index is 1.92. The molecule has 1 rings (SSSR count). The Labute approximate surface area is 116 Å². The molecule has 1 aliphatic carbocycles. The average molecular weight is 272 g/mol. The van der Waals surface area contributed by atoms with Crippen molar-refractivity contribution in [3.05, 3.63) is 0 Å². The highest BCUT2D eigenvalue weighted by atomic mass is 16.5. The van der Waals surface area contributed by atoms with E-state index in [0.717, 1.165) is 12.5 Å². The van der Waals surface area contributed by atoms with Crippen molar-refractivity contribution in [3.63, 3.8) is 0 Å². The zero-order chi connectivity index (χ0) is 14.3. The van der Waals surface area contributed by atoms with Crippen LogP contribution in [-0.4, -0.2) is 49.0 Å². The second-order valence-electron chi connectivity index (χ2n) is 6.39. The van der Waals surface area contributed by atoms with Crippen LogP contribution >= 0.6 is 0 Å². The number of ether oxygens (including phenoxy) is 1. The van der Waals surface area contributed by atoms with E-state index >= 15 is 0 Å². The highest BCUT2D eigenvalue weighted by Crippen LogP contribution is 2.28. The summed E-state index contributed by atoms with van der Waals surface area (Å²) in [6.45, 7) is 8.05. The maximum Gasteiger partial charge on any atom is 0.221 e. The summed E-state index contributed by atoms with van der Waals surface area (Å²) in [5.41, 5.74) is -0.187. The van der Waals surface area contributed by atoms with Crippen molar-refractivity contribution in [2.75, 3.05) is 26.3 Å². The van der Waals surface area contributed by atoms with E-state index in [9.17, 15) is 9.90 Å². The SMILES string of the molecule is CC(C)(C)NC(=O)CCNCC(O)COCC1CC1. The molecule has 5 heteroatoms. The van der Waals surface area contributed by atoms with E-state index in [0.29, 0.717) is 26.1 Å². The van der Waals surface area contributed by atoms with Gasteiger partial charge in [-0.3, -0.25) is 4.79 Å². The summed E-state index contributed by atoms with van der Waals surface area (Å²) in [6, 6.07) is 0. The Bertz CT molecular complexity index is 272. The van der Waals surface area contributed by atoms with Gasteiger partial charge in [0.2, 0.25) is 5.91 Å². The lowest BCUT2D eigenvalue weighted by atomic mass is 10.1. The van der Waals surface area contributed by atoms with E-state index < -0.39 is 6.10 Å². The van der Waals surface area contributed by atoms with E-state index in [1.54, 1.807) is 0 Å². The standard InChI is InChI=1S/C14H28N2O3/c1-14(2,3)16-13(18)6-7-15-8-12(17)10-19-9-11-4-5-11/h11-12,15,17H,4-10H2,1-3H3,(H,16,18). The van der Waals surface area contributed by atoms with Crippen LogP contribution in [0.25, 0.3) is 0 Å². The number of hydrogen-bond donors (Lipinski definition) is 3. The van der Waals surface area contributed by atoms with Gasteiger partial charge in [0, 0.05) is 31.7 Å². The quantitative estimate of drug-likeness (QED) is 0.540. The molecule has 1 saturated carbocycles.